The van der Waals surface area contributed by atoms with Gasteiger partial charge in [-0.2, -0.15) is 0 Å². The number of benzene rings is 1. The van der Waals surface area contributed by atoms with E-state index >= 15 is 0 Å². The van der Waals surface area contributed by atoms with E-state index in [1.54, 1.807) is 0 Å². The third-order valence-corrected chi connectivity index (χ3v) is 6.70. The molecule has 2 aliphatic rings. The van der Waals surface area contributed by atoms with Gasteiger partial charge in [0, 0.05) is 19.6 Å². The molecule has 4 rings (SSSR count). The van der Waals surface area contributed by atoms with E-state index in [1.807, 2.05) is 30.0 Å². The number of likely N-dealkylation sites (tertiary alicyclic amines) is 2. The maximum Gasteiger partial charge on any atom is 0.240 e. The summed E-state index contributed by atoms with van der Waals surface area (Å²) in [7, 11) is 0. The topological polar surface area (TPSA) is 65.5 Å². The molecule has 27 heavy (non-hydrogen) atoms. The van der Waals surface area contributed by atoms with Crippen molar-refractivity contribution in [3.63, 3.8) is 0 Å². The van der Waals surface area contributed by atoms with Crippen LogP contribution >= 0.6 is 11.3 Å². The highest BCUT2D eigenvalue weighted by Gasteiger charge is 2.50. The van der Waals surface area contributed by atoms with Crippen molar-refractivity contribution < 1.29 is 9.59 Å². The minimum atomic E-state index is -0.261. The van der Waals surface area contributed by atoms with Crippen LogP contribution in [0, 0.1) is 12.3 Å². The van der Waals surface area contributed by atoms with Gasteiger partial charge >= 0.3 is 0 Å². The van der Waals surface area contributed by atoms with E-state index < -0.39 is 0 Å². The lowest BCUT2D eigenvalue weighted by Gasteiger charge is -2.23. The van der Waals surface area contributed by atoms with Gasteiger partial charge in [-0.15, -0.1) is 0 Å². The molecule has 2 amide bonds. The number of hydrogen-bond acceptors (Lipinski definition) is 5. The van der Waals surface area contributed by atoms with Gasteiger partial charge in [0.15, 0.2) is 5.13 Å². The lowest BCUT2D eigenvalue weighted by atomic mass is 9.85. The van der Waals surface area contributed by atoms with Crippen molar-refractivity contribution in [1.82, 2.24) is 14.8 Å². The molecule has 1 aromatic carbocycles. The van der Waals surface area contributed by atoms with Crippen molar-refractivity contribution in [2.45, 2.75) is 33.1 Å². The zero-order chi connectivity index (χ0) is 19.0. The number of nitrogens with one attached hydrogen (secondary N) is 1. The van der Waals surface area contributed by atoms with Gasteiger partial charge in [0.1, 0.15) is 0 Å². The van der Waals surface area contributed by atoms with Crippen LogP contribution in [0.5, 0.6) is 0 Å². The maximum atomic E-state index is 12.8. The van der Waals surface area contributed by atoms with Gasteiger partial charge in [0.05, 0.1) is 22.2 Å². The second kappa shape index (κ2) is 7.20. The van der Waals surface area contributed by atoms with Crippen LogP contribution in [0.1, 0.15) is 31.7 Å². The lowest BCUT2D eigenvalue weighted by molar-refractivity contribution is -0.135. The zero-order valence-corrected chi connectivity index (χ0v) is 16.8. The van der Waals surface area contributed by atoms with Crippen molar-refractivity contribution in [2.75, 3.05) is 38.0 Å². The summed E-state index contributed by atoms with van der Waals surface area (Å²) in [5.41, 5.74) is 1.80. The summed E-state index contributed by atoms with van der Waals surface area (Å²) >= 11 is 1.50. The quantitative estimate of drug-likeness (QED) is 0.858. The molecule has 1 N–H and O–H groups in total. The first-order chi connectivity index (χ1) is 13.0. The van der Waals surface area contributed by atoms with E-state index in [2.05, 4.69) is 22.1 Å². The summed E-state index contributed by atoms with van der Waals surface area (Å²) in [6.45, 7) is 7.65. The Hall–Kier alpha value is -1.99. The molecule has 6 nitrogen and oxygen atoms in total. The van der Waals surface area contributed by atoms with Gasteiger partial charge in [0.2, 0.25) is 11.8 Å². The normalized spacial score (nSPS) is 23.0. The fraction of sp³-hybridized carbons (Fsp3) is 0.550. The van der Waals surface area contributed by atoms with Crippen molar-refractivity contribution in [3.05, 3.63) is 23.8 Å². The highest BCUT2D eigenvalue weighted by molar-refractivity contribution is 7.22. The number of para-hydroxylation sites is 1. The Morgan fingerprint density at radius 2 is 2.15 bits per heavy atom. The Morgan fingerprint density at radius 1 is 1.33 bits per heavy atom. The maximum absolute atomic E-state index is 12.8. The average Bonchev–Trinajstić information content (AvgIpc) is 3.30. The standard InChI is InChI=1S/C20H26N4O2S/c1-3-9-24-11-8-20(18(24)26)7-10-23(13-20)12-16(25)21-19-22-17-14(2)5-4-6-15(17)27-19/h4-6H,3,7-13H2,1-2H3,(H,21,22,25). The molecule has 2 aliphatic heterocycles. The average molecular weight is 387 g/mol. The SMILES string of the molecule is CCCN1CCC2(CCN(CC(=O)Nc3nc4c(C)cccc4s3)C2)C1=O. The van der Waals surface area contributed by atoms with Crippen molar-refractivity contribution in [2.24, 2.45) is 5.41 Å². The van der Waals surface area contributed by atoms with E-state index in [1.165, 1.54) is 11.3 Å². The number of thiazole rings is 1. The molecule has 0 aliphatic carbocycles. The summed E-state index contributed by atoms with van der Waals surface area (Å²) in [6, 6.07) is 6.05. The summed E-state index contributed by atoms with van der Waals surface area (Å²) in [5.74, 6) is 0.230. The van der Waals surface area contributed by atoms with Crippen LogP contribution in [0.3, 0.4) is 0 Å². The number of carbonyl (C=O) groups is 2. The molecule has 2 aromatic rings. The number of fused-ring (bicyclic) bond motifs is 1. The van der Waals surface area contributed by atoms with Gasteiger partial charge < -0.3 is 10.2 Å². The van der Waals surface area contributed by atoms with Crippen molar-refractivity contribution >= 4 is 38.5 Å². The van der Waals surface area contributed by atoms with Crippen LogP contribution in [-0.4, -0.2) is 59.3 Å². The van der Waals surface area contributed by atoms with E-state index in [0.29, 0.717) is 18.2 Å². The van der Waals surface area contributed by atoms with Gasteiger partial charge in [-0.25, -0.2) is 4.98 Å². The zero-order valence-electron chi connectivity index (χ0n) is 16.0. The summed E-state index contributed by atoms with van der Waals surface area (Å²) in [4.78, 5) is 33.9. The molecule has 144 valence electrons. The molecule has 0 saturated carbocycles. The largest absolute Gasteiger partial charge is 0.342 e. The minimum Gasteiger partial charge on any atom is -0.342 e. The van der Waals surface area contributed by atoms with Crippen LogP contribution in [-0.2, 0) is 9.59 Å². The second-order valence-electron chi connectivity index (χ2n) is 7.77. The number of carbonyl (C=O) groups excluding carboxylic acids is 2. The fourth-order valence-electron chi connectivity index (χ4n) is 4.35. The smallest absolute Gasteiger partial charge is 0.240 e. The Labute approximate surface area is 163 Å². The fourth-order valence-corrected chi connectivity index (χ4v) is 5.31. The van der Waals surface area contributed by atoms with E-state index in [4.69, 9.17) is 0 Å². The number of anilines is 1. The summed E-state index contributed by atoms with van der Waals surface area (Å²) < 4.78 is 1.08. The molecular formula is C20H26N4O2S. The Bertz CT molecular complexity index is 880. The molecule has 7 heteroatoms. The van der Waals surface area contributed by atoms with Crippen molar-refractivity contribution in [1.29, 1.82) is 0 Å². The molecule has 0 bridgehead atoms. The summed E-state index contributed by atoms with van der Waals surface area (Å²) in [5, 5.41) is 3.58. The molecule has 1 spiro atoms. The molecule has 1 unspecified atom stereocenters. The predicted octanol–water partition coefficient (Wildman–Crippen LogP) is 2.88. The highest BCUT2D eigenvalue weighted by atomic mass is 32.1. The Kier molecular flexibility index (Phi) is 4.90. The molecular weight excluding hydrogens is 360 g/mol. The minimum absolute atomic E-state index is 0.0559. The molecule has 1 atom stereocenters. The van der Waals surface area contributed by atoms with Gasteiger partial charge in [-0.3, -0.25) is 14.5 Å². The number of nitrogens with zero attached hydrogens (tertiary/aromatic N) is 3. The van der Waals surface area contributed by atoms with Gasteiger partial charge in [-0.1, -0.05) is 30.4 Å². The third-order valence-electron chi connectivity index (χ3n) is 5.76. The monoisotopic (exact) mass is 386 g/mol. The van der Waals surface area contributed by atoms with Crippen LogP contribution in [0.2, 0.25) is 0 Å². The van der Waals surface area contributed by atoms with Crippen LogP contribution in [0.4, 0.5) is 5.13 Å². The van der Waals surface area contributed by atoms with Gasteiger partial charge in [-0.05, 0) is 44.4 Å². The molecule has 2 fully saturated rings. The van der Waals surface area contributed by atoms with Crippen molar-refractivity contribution in [3.8, 4) is 0 Å². The van der Waals surface area contributed by atoms with Crippen LogP contribution in [0.15, 0.2) is 18.2 Å². The number of hydrogen-bond donors (Lipinski definition) is 1. The molecule has 3 heterocycles. The molecule has 0 radical (unpaired) electrons. The molecule has 1 aromatic heterocycles. The van der Waals surface area contributed by atoms with Crippen LogP contribution < -0.4 is 5.32 Å². The number of aryl methyl sites for hydroxylation is 1. The predicted molar refractivity (Wildman–Crippen MR) is 108 cm³/mol. The summed E-state index contributed by atoms with van der Waals surface area (Å²) in [6.07, 6.45) is 2.77. The van der Waals surface area contributed by atoms with Crippen LogP contribution in [0.25, 0.3) is 10.2 Å². The van der Waals surface area contributed by atoms with E-state index in [9.17, 15) is 9.59 Å². The highest BCUT2D eigenvalue weighted by Crippen LogP contribution is 2.40. The Morgan fingerprint density at radius 3 is 2.93 bits per heavy atom. The lowest BCUT2D eigenvalue weighted by Crippen LogP contribution is -2.38. The molecule has 2 saturated heterocycles. The first-order valence-electron chi connectivity index (χ1n) is 9.68. The van der Waals surface area contributed by atoms with E-state index in [0.717, 1.165) is 54.7 Å². The second-order valence-corrected chi connectivity index (χ2v) is 8.80. The number of rotatable bonds is 5. The number of aromatic nitrogens is 1. The third kappa shape index (κ3) is 3.46. The van der Waals surface area contributed by atoms with E-state index in [-0.39, 0.29) is 17.2 Å². The first kappa shape index (κ1) is 18.4. The first-order valence-corrected chi connectivity index (χ1v) is 10.5. The number of amides is 2. The van der Waals surface area contributed by atoms with Gasteiger partial charge in [0.25, 0.3) is 0 Å². The Balaban J connectivity index is 1.36.